The summed E-state index contributed by atoms with van der Waals surface area (Å²) in [6, 6.07) is 0. The third kappa shape index (κ3) is 4.76. The summed E-state index contributed by atoms with van der Waals surface area (Å²) in [5.74, 6) is 2.38. The maximum atomic E-state index is 5.36. The van der Waals surface area contributed by atoms with Gasteiger partial charge in [-0.15, -0.1) is 0 Å². The minimum absolute atomic E-state index is 0.783. The number of ether oxygens (including phenoxy) is 1. The molecule has 0 spiro atoms. The fraction of sp³-hybridized carbons (Fsp3) is 1.00. The van der Waals surface area contributed by atoms with Crippen molar-refractivity contribution in [3.63, 3.8) is 0 Å². The second kappa shape index (κ2) is 6.47. The molecule has 0 N–H and O–H groups in total. The van der Waals surface area contributed by atoms with Gasteiger partial charge in [-0.25, -0.2) is 0 Å². The molecule has 0 aliphatic carbocycles. The van der Waals surface area contributed by atoms with E-state index >= 15 is 0 Å². The van der Waals surface area contributed by atoms with E-state index in [2.05, 4.69) is 34.6 Å². The molecule has 0 aliphatic heterocycles. The van der Waals surface area contributed by atoms with Crippen molar-refractivity contribution < 1.29 is 4.74 Å². The Labute approximate surface area is 77.5 Å². The van der Waals surface area contributed by atoms with Crippen molar-refractivity contribution in [3.8, 4) is 0 Å². The normalized spacial score (nSPS) is 12.0. The van der Waals surface area contributed by atoms with Crippen LogP contribution in [0.25, 0.3) is 0 Å². The summed E-state index contributed by atoms with van der Waals surface area (Å²) in [6.45, 7) is 13.0. The van der Waals surface area contributed by atoms with E-state index in [1.54, 1.807) is 0 Å². The number of rotatable bonds is 6. The van der Waals surface area contributed by atoms with E-state index in [-0.39, 0.29) is 0 Å². The van der Waals surface area contributed by atoms with Crippen LogP contribution in [-0.2, 0) is 4.74 Å². The van der Waals surface area contributed by atoms with Gasteiger partial charge in [-0.05, 0) is 31.1 Å². The van der Waals surface area contributed by atoms with Crippen molar-refractivity contribution in [1.29, 1.82) is 0 Å². The Balaban J connectivity index is 3.64. The van der Waals surface area contributed by atoms with Gasteiger partial charge in [-0.3, -0.25) is 0 Å². The fourth-order valence-corrected chi connectivity index (χ4v) is 1.80. The molecule has 0 aromatic rings. The Morgan fingerprint density at radius 3 is 1.83 bits per heavy atom. The molecule has 0 aromatic carbocycles. The molecule has 0 rings (SSSR count). The zero-order valence-corrected chi connectivity index (χ0v) is 9.26. The summed E-state index contributed by atoms with van der Waals surface area (Å²) in [7, 11) is 0. The Morgan fingerprint density at radius 2 is 1.50 bits per heavy atom. The summed E-state index contributed by atoms with van der Waals surface area (Å²) < 4.78 is 5.36. The highest BCUT2D eigenvalue weighted by atomic mass is 16.5. The summed E-state index contributed by atoms with van der Waals surface area (Å²) in [5, 5.41) is 0. The van der Waals surface area contributed by atoms with Gasteiger partial charge < -0.3 is 4.74 Å². The lowest BCUT2D eigenvalue weighted by atomic mass is 9.83. The average molecular weight is 172 g/mol. The predicted octanol–water partition coefficient (Wildman–Crippen LogP) is 3.34. The van der Waals surface area contributed by atoms with E-state index in [4.69, 9.17) is 4.74 Å². The summed E-state index contributed by atoms with van der Waals surface area (Å²) in [5.41, 5.74) is 0. The molecule has 0 atom stereocenters. The first-order valence-corrected chi connectivity index (χ1v) is 5.17. The number of hydrogen-bond acceptors (Lipinski definition) is 1. The number of hydrogen-bond donors (Lipinski definition) is 0. The maximum absolute atomic E-state index is 5.36. The van der Waals surface area contributed by atoms with E-state index in [1.807, 2.05) is 0 Å². The Kier molecular flexibility index (Phi) is 6.45. The van der Waals surface area contributed by atoms with Crippen LogP contribution in [0.1, 0.15) is 41.0 Å². The zero-order valence-electron chi connectivity index (χ0n) is 9.26. The predicted molar refractivity (Wildman–Crippen MR) is 54.3 cm³/mol. The topological polar surface area (TPSA) is 9.23 Å². The summed E-state index contributed by atoms with van der Waals surface area (Å²) in [6.07, 6.45) is 1.21. The van der Waals surface area contributed by atoms with E-state index in [1.165, 1.54) is 6.42 Å². The molecular formula is C11H24O. The van der Waals surface area contributed by atoms with E-state index < -0.39 is 0 Å². The van der Waals surface area contributed by atoms with Gasteiger partial charge in [-0.2, -0.15) is 0 Å². The van der Waals surface area contributed by atoms with Crippen LogP contribution in [0, 0.1) is 17.8 Å². The first-order chi connectivity index (χ1) is 5.59. The first-order valence-electron chi connectivity index (χ1n) is 5.17. The van der Waals surface area contributed by atoms with Gasteiger partial charge >= 0.3 is 0 Å². The highest BCUT2D eigenvalue weighted by Gasteiger charge is 2.16. The van der Waals surface area contributed by atoms with Crippen LogP contribution in [0.15, 0.2) is 0 Å². The van der Waals surface area contributed by atoms with Crippen molar-refractivity contribution >= 4 is 0 Å². The Bertz CT molecular complexity index is 89.2. The quantitative estimate of drug-likeness (QED) is 0.558. The average Bonchev–Trinajstić information content (AvgIpc) is 1.96. The van der Waals surface area contributed by atoms with E-state index in [9.17, 15) is 0 Å². The van der Waals surface area contributed by atoms with Crippen LogP contribution < -0.4 is 0 Å². The second-order valence-electron chi connectivity index (χ2n) is 4.14. The van der Waals surface area contributed by atoms with Gasteiger partial charge in [0.15, 0.2) is 0 Å². The van der Waals surface area contributed by atoms with Crippen molar-refractivity contribution in [3.05, 3.63) is 0 Å². The molecule has 12 heavy (non-hydrogen) atoms. The molecule has 0 aliphatic rings. The molecule has 74 valence electrons. The molecule has 0 heterocycles. The maximum Gasteiger partial charge on any atom is 0.0468 e. The highest BCUT2D eigenvalue weighted by molar-refractivity contribution is 4.66. The molecule has 0 radical (unpaired) electrons. The third-order valence-electron chi connectivity index (χ3n) is 2.51. The van der Waals surface area contributed by atoms with Crippen LogP contribution in [-0.4, -0.2) is 13.2 Å². The first kappa shape index (κ1) is 12.0. The molecule has 1 nitrogen and oxygen atoms in total. The van der Waals surface area contributed by atoms with Crippen molar-refractivity contribution in [2.75, 3.05) is 13.2 Å². The van der Waals surface area contributed by atoms with Gasteiger partial charge in [0.05, 0.1) is 0 Å². The largest absolute Gasteiger partial charge is 0.382 e. The molecule has 1 heteroatoms. The van der Waals surface area contributed by atoms with Gasteiger partial charge in [0.25, 0.3) is 0 Å². The van der Waals surface area contributed by atoms with Gasteiger partial charge in [0.2, 0.25) is 0 Å². The van der Waals surface area contributed by atoms with Crippen molar-refractivity contribution in [2.24, 2.45) is 17.8 Å². The summed E-state index contributed by atoms with van der Waals surface area (Å²) >= 11 is 0. The van der Waals surface area contributed by atoms with Crippen LogP contribution in [0.5, 0.6) is 0 Å². The van der Waals surface area contributed by atoms with Gasteiger partial charge in [0, 0.05) is 13.2 Å². The smallest absolute Gasteiger partial charge is 0.0468 e. The molecular weight excluding hydrogens is 148 g/mol. The molecule has 0 fully saturated rings. The second-order valence-corrected chi connectivity index (χ2v) is 4.14. The van der Waals surface area contributed by atoms with Crippen LogP contribution in [0.3, 0.4) is 0 Å². The third-order valence-corrected chi connectivity index (χ3v) is 2.51. The van der Waals surface area contributed by atoms with E-state index in [0.29, 0.717) is 0 Å². The zero-order chi connectivity index (χ0) is 9.56. The van der Waals surface area contributed by atoms with Crippen molar-refractivity contribution in [2.45, 2.75) is 41.0 Å². The lowest BCUT2D eigenvalue weighted by Gasteiger charge is -2.24. The molecule has 0 aromatic heterocycles. The minimum Gasteiger partial charge on any atom is -0.382 e. The van der Waals surface area contributed by atoms with Crippen LogP contribution >= 0.6 is 0 Å². The lowest BCUT2D eigenvalue weighted by Crippen LogP contribution is -2.17. The molecule has 0 amide bonds. The molecule has 0 bridgehead atoms. The molecule has 0 unspecified atom stereocenters. The molecule has 0 saturated heterocycles. The highest BCUT2D eigenvalue weighted by Crippen LogP contribution is 2.23. The van der Waals surface area contributed by atoms with Crippen molar-refractivity contribution in [1.82, 2.24) is 0 Å². The van der Waals surface area contributed by atoms with Crippen LogP contribution in [0.2, 0.25) is 0 Å². The van der Waals surface area contributed by atoms with Crippen LogP contribution in [0.4, 0.5) is 0 Å². The monoisotopic (exact) mass is 172 g/mol. The standard InChI is InChI=1S/C11H24O/c1-6-12-8-7-11(9(2)3)10(4)5/h9-11H,6-8H2,1-5H3. The molecule has 0 saturated carbocycles. The Hall–Kier alpha value is -0.0400. The SMILES string of the molecule is CCOCCC(C(C)C)C(C)C. The summed E-state index contributed by atoms with van der Waals surface area (Å²) in [4.78, 5) is 0. The minimum atomic E-state index is 0.783. The lowest BCUT2D eigenvalue weighted by molar-refractivity contribution is 0.112. The Morgan fingerprint density at radius 1 is 1.00 bits per heavy atom. The van der Waals surface area contributed by atoms with Gasteiger partial charge in [-0.1, -0.05) is 27.7 Å². The van der Waals surface area contributed by atoms with Gasteiger partial charge in [0.1, 0.15) is 0 Å². The fourth-order valence-electron chi connectivity index (χ4n) is 1.80. The van der Waals surface area contributed by atoms with E-state index in [0.717, 1.165) is 31.0 Å².